The first-order valence-electron chi connectivity index (χ1n) is 9.29. The number of alkyl halides is 3. The Hall–Kier alpha value is -2.12. The molecule has 1 atom stereocenters. The molecule has 0 aromatic heterocycles. The van der Waals surface area contributed by atoms with Crippen molar-refractivity contribution in [2.24, 2.45) is 0 Å². The fourth-order valence-corrected chi connectivity index (χ4v) is 3.83. The summed E-state index contributed by atoms with van der Waals surface area (Å²) >= 11 is 5.74. The number of methoxy groups -OCH3 is 2. The van der Waals surface area contributed by atoms with Gasteiger partial charge in [-0.05, 0) is 42.8 Å². The summed E-state index contributed by atoms with van der Waals surface area (Å²) in [6, 6.07) is 10.1. The fourth-order valence-electron chi connectivity index (χ4n) is 3.61. The summed E-state index contributed by atoms with van der Waals surface area (Å²) in [7, 11) is 3.20. The summed E-state index contributed by atoms with van der Waals surface area (Å²) in [5.41, 5.74) is 0.838. The molecule has 3 rings (SSSR count). The Balaban J connectivity index is 1.70. The Morgan fingerprint density at radius 2 is 1.76 bits per heavy atom. The van der Waals surface area contributed by atoms with Crippen molar-refractivity contribution < 1.29 is 22.6 Å². The van der Waals surface area contributed by atoms with Gasteiger partial charge in [0.05, 0.1) is 24.8 Å². The van der Waals surface area contributed by atoms with Crippen molar-refractivity contribution in [3.8, 4) is 11.5 Å². The van der Waals surface area contributed by atoms with Gasteiger partial charge in [-0.15, -0.1) is 0 Å². The Morgan fingerprint density at radius 3 is 2.38 bits per heavy atom. The van der Waals surface area contributed by atoms with E-state index in [1.54, 1.807) is 20.3 Å². The molecule has 0 aliphatic carbocycles. The molecule has 2 aromatic carbocycles. The molecule has 0 bridgehead atoms. The minimum Gasteiger partial charge on any atom is -0.493 e. The first kappa shape index (κ1) is 21.6. The molecule has 1 heterocycles. The van der Waals surface area contributed by atoms with Crippen LogP contribution in [0.3, 0.4) is 0 Å². The highest BCUT2D eigenvalue weighted by molar-refractivity contribution is 6.31. The second-order valence-corrected chi connectivity index (χ2v) is 7.52. The molecule has 8 heteroatoms. The van der Waals surface area contributed by atoms with Gasteiger partial charge < -0.3 is 14.4 Å². The van der Waals surface area contributed by atoms with Crippen molar-refractivity contribution in [1.29, 1.82) is 0 Å². The number of anilines is 1. The van der Waals surface area contributed by atoms with Gasteiger partial charge in [0.1, 0.15) is 0 Å². The Morgan fingerprint density at radius 1 is 1.03 bits per heavy atom. The highest BCUT2D eigenvalue weighted by atomic mass is 35.5. The number of hydrogen-bond acceptors (Lipinski definition) is 4. The van der Waals surface area contributed by atoms with Crippen LogP contribution in [0.15, 0.2) is 36.4 Å². The molecule has 1 aliphatic heterocycles. The van der Waals surface area contributed by atoms with Gasteiger partial charge in [-0.1, -0.05) is 17.7 Å². The summed E-state index contributed by atoms with van der Waals surface area (Å²) in [4.78, 5) is 4.28. The molecule has 2 aromatic rings. The van der Waals surface area contributed by atoms with E-state index in [1.165, 1.54) is 6.07 Å². The highest BCUT2D eigenvalue weighted by Crippen LogP contribution is 2.37. The van der Waals surface area contributed by atoms with Crippen molar-refractivity contribution in [3.63, 3.8) is 0 Å². The number of nitrogens with zero attached hydrogens (tertiary/aromatic N) is 2. The maximum absolute atomic E-state index is 13.2. The molecular weight excluding hydrogens is 405 g/mol. The van der Waals surface area contributed by atoms with E-state index in [0.717, 1.165) is 24.7 Å². The molecule has 0 saturated carbocycles. The van der Waals surface area contributed by atoms with Gasteiger partial charge in [-0.25, -0.2) is 0 Å². The molecule has 29 heavy (non-hydrogen) atoms. The summed E-state index contributed by atoms with van der Waals surface area (Å²) in [6.07, 6.45) is -4.46. The summed E-state index contributed by atoms with van der Waals surface area (Å²) in [5.74, 6) is 1.36. The second kappa shape index (κ2) is 8.71. The van der Waals surface area contributed by atoms with Crippen LogP contribution in [0.1, 0.15) is 18.1 Å². The first-order chi connectivity index (χ1) is 13.7. The number of hydrogen-bond donors (Lipinski definition) is 0. The van der Waals surface area contributed by atoms with Crippen LogP contribution in [0.4, 0.5) is 18.9 Å². The molecular formula is C21H24ClF3N2O2. The fraction of sp³-hybridized carbons (Fsp3) is 0.429. The lowest BCUT2D eigenvalue weighted by molar-refractivity contribution is -0.137. The number of ether oxygens (including phenoxy) is 2. The van der Waals surface area contributed by atoms with E-state index in [2.05, 4.69) is 11.8 Å². The van der Waals surface area contributed by atoms with Crippen LogP contribution in [0.2, 0.25) is 5.02 Å². The van der Waals surface area contributed by atoms with Crippen molar-refractivity contribution >= 4 is 17.3 Å². The van der Waals surface area contributed by atoms with Gasteiger partial charge in [-0.2, -0.15) is 13.2 Å². The van der Waals surface area contributed by atoms with Crippen molar-refractivity contribution in [1.82, 2.24) is 4.90 Å². The lowest BCUT2D eigenvalue weighted by Gasteiger charge is -2.41. The highest BCUT2D eigenvalue weighted by Gasteiger charge is 2.34. The van der Waals surface area contributed by atoms with E-state index in [-0.39, 0.29) is 11.1 Å². The van der Waals surface area contributed by atoms with Gasteiger partial charge in [0, 0.05) is 37.9 Å². The average Bonchev–Trinajstić information content (AvgIpc) is 2.69. The molecule has 0 spiro atoms. The van der Waals surface area contributed by atoms with E-state index in [1.807, 2.05) is 23.1 Å². The van der Waals surface area contributed by atoms with E-state index in [4.69, 9.17) is 21.1 Å². The quantitative estimate of drug-likeness (QED) is 0.662. The van der Waals surface area contributed by atoms with Crippen LogP contribution >= 0.6 is 11.6 Å². The molecule has 1 fully saturated rings. The smallest absolute Gasteiger partial charge is 0.417 e. The predicted octanol–water partition coefficient (Wildman–Crippen LogP) is 5.09. The standard InChI is InChI=1S/C21H24ClF3N2O2/c1-14-12-27(16-5-6-18(22)17(11-16)21(23,24)25)9-8-26(14)13-15-4-7-19(28-2)20(10-15)29-3/h4-7,10-11,14H,8-9,12-13H2,1-3H3. The first-order valence-corrected chi connectivity index (χ1v) is 9.67. The van der Waals surface area contributed by atoms with Crippen LogP contribution in [-0.2, 0) is 12.7 Å². The van der Waals surface area contributed by atoms with E-state index >= 15 is 0 Å². The summed E-state index contributed by atoms with van der Waals surface area (Å²) in [5, 5.41) is -0.276. The van der Waals surface area contributed by atoms with Gasteiger partial charge >= 0.3 is 6.18 Å². The van der Waals surface area contributed by atoms with Crippen LogP contribution in [0.25, 0.3) is 0 Å². The van der Waals surface area contributed by atoms with Gasteiger partial charge in [-0.3, -0.25) is 4.90 Å². The molecule has 1 aliphatic rings. The molecule has 0 radical (unpaired) electrons. The number of piperazine rings is 1. The van der Waals surface area contributed by atoms with E-state index < -0.39 is 11.7 Å². The summed E-state index contributed by atoms with van der Waals surface area (Å²) < 4.78 is 50.1. The van der Waals surface area contributed by atoms with Crippen molar-refractivity contribution in [2.45, 2.75) is 25.7 Å². The molecule has 0 N–H and O–H groups in total. The minimum atomic E-state index is -4.46. The van der Waals surface area contributed by atoms with E-state index in [9.17, 15) is 13.2 Å². The zero-order valence-electron chi connectivity index (χ0n) is 16.6. The number of rotatable bonds is 5. The monoisotopic (exact) mass is 428 g/mol. The van der Waals surface area contributed by atoms with Gasteiger partial charge in [0.2, 0.25) is 0 Å². The number of benzene rings is 2. The minimum absolute atomic E-state index is 0.168. The predicted molar refractivity (Wildman–Crippen MR) is 108 cm³/mol. The molecule has 0 amide bonds. The zero-order valence-corrected chi connectivity index (χ0v) is 17.3. The second-order valence-electron chi connectivity index (χ2n) is 7.12. The molecule has 1 saturated heterocycles. The SMILES string of the molecule is COc1ccc(CN2CCN(c3ccc(Cl)c(C(F)(F)F)c3)CC2C)cc1OC. The third kappa shape index (κ3) is 4.90. The molecule has 4 nitrogen and oxygen atoms in total. The van der Waals surface area contributed by atoms with Gasteiger partial charge in [0.25, 0.3) is 0 Å². The molecule has 158 valence electrons. The number of halogens is 4. The largest absolute Gasteiger partial charge is 0.493 e. The lowest BCUT2D eigenvalue weighted by Crippen LogP contribution is -2.51. The third-order valence-corrected chi connectivity index (χ3v) is 5.55. The Labute approximate surface area is 173 Å². The normalized spacial score (nSPS) is 18.0. The summed E-state index contributed by atoms with van der Waals surface area (Å²) in [6.45, 7) is 4.81. The lowest BCUT2D eigenvalue weighted by atomic mass is 10.1. The maximum Gasteiger partial charge on any atom is 0.417 e. The third-order valence-electron chi connectivity index (χ3n) is 5.22. The Bertz CT molecular complexity index is 860. The van der Waals surface area contributed by atoms with E-state index in [0.29, 0.717) is 30.3 Å². The van der Waals surface area contributed by atoms with Crippen molar-refractivity contribution in [3.05, 3.63) is 52.5 Å². The van der Waals surface area contributed by atoms with Crippen LogP contribution in [-0.4, -0.2) is 44.8 Å². The average molecular weight is 429 g/mol. The topological polar surface area (TPSA) is 24.9 Å². The van der Waals surface area contributed by atoms with Crippen molar-refractivity contribution in [2.75, 3.05) is 38.8 Å². The molecule has 1 unspecified atom stereocenters. The van der Waals surface area contributed by atoms with Crippen LogP contribution < -0.4 is 14.4 Å². The Kier molecular flexibility index (Phi) is 6.49. The van der Waals surface area contributed by atoms with Crippen LogP contribution in [0.5, 0.6) is 11.5 Å². The maximum atomic E-state index is 13.2. The van der Waals surface area contributed by atoms with Crippen LogP contribution in [0, 0.1) is 0 Å². The van der Waals surface area contributed by atoms with Gasteiger partial charge in [0.15, 0.2) is 11.5 Å². The zero-order chi connectivity index (χ0) is 21.2.